The molecular formula is C17H26F2IN3S. The first kappa shape index (κ1) is 21.5. The van der Waals surface area contributed by atoms with Crippen molar-refractivity contribution in [3.63, 3.8) is 0 Å². The summed E-state index contributed by atoms with van der Waals surface area (Å²) in [4.78, 5) is 4.53. The zero-order valence-corrected chi connectivity index (χ0v) is 17.3. The van der Waals surface area contributed by atoms with Crippen molar-refractivity contribution in [3.8, 4) is 0 Å². The van der Waals surface area contributed by atoms with Gasteiger partial charge in [0.15, 0.2) is 5.96 Å². The van der Waals surface area contributed by atoms with Crippen LogP contribution in [0.4, 0.5) is 8.78 Å². The van der Waals surface area contributed by atoms with E-state index in [0.29, 0.717) is 24.6 Å². The summed E-state index contributed by atoms with van der Waals surface area (Å²) in [6.07, 6.45) is 6.22. The summed E-state index contributed by atoms with van der Waals surface area (Å²) in [5.41, 5.74) is 0.630. The van der Waals surface area contributed by atoms with Crippen LogP contribution in [-0.4, -0.2) is 36.6 Å². The van der Waals surface area contributed by atoms with E-state index in [1.807, 2.05) is 18.7 Å². The van der Waals surface area contributed by atoms with Crippen LogP contribution in [0, 0.1) is 11.6 Å². The minimum Gasteiger partial charge on any atom is -0.357 e. The van der Waals surface area contributed by atoms with Crippen LogP contribution in [0.1, 0.15) is 31.7 Å². The number of benzene rings is 1. The molecule has 2 atom stereocenters. The van der Waals surface area contributed by atoms with Crippen LogP contribution in [-0.2, 0) is 6.42 Å². The lowest BCUT2D eigenvalue weighted by atomic mass is 10.1. The average Bonchev–Trinajstić information content (AvgIpc) is 2.94. The lowest BCUT2D eigenvalue weighted by molar-refractivity contribution is 0.579. The summed E-state index contributed by atoms with van der Waals surface area (Å²) in [6.45, 7) is 3.31. The number of thioether (sulfide) groups is 1. The van der Waals surface area contributed by atoms with E-state index in [4.69, 9.17) is 0 Å². The van der Waals surface area contributed by atoms with Crippen LogP contribution in [0.5, 0.6) is 0 Å². The van der Waals surface area contributed by atoms with Gasteiger partial charge in [0.05, 0.1) is 0 Å². The zero-order valence-electron chi connectivity index (χ0n) is 14.1. The highest BCUT2D eigenvalue weighted by atomic mass is 127. The SMILES string of the molecule is CCNC(=NCCc1cc(F)cc(F)c1)NC1CCC(SC)C1.I. The minimum absolute atomic E-state index is 0. The van der Waals surface area contributed by atoms with Gasteiger partial charge < -0.3 is 10.6 Å². The molecule has 0 heterocycles. The fourth-order valence-corrected chi connectivity index (χ4v) is 3.65. The van der Waals surface area contributed by atoms with E-state index < -0.39 is 11.6 Å². The number of halogens is 3. The normalized spacial score (nSPS) is 20.6. The topological polar surface area (TPSA) is 36.4 Å². The second-order valence-corrected chi connectivity index (χ2v) is 6.94. The van der Waals surface area contributed by atoms with Crippen LogP contribution in [0.2, 0.25) is 0 Å². The number of aliphatic imine (C=N–C) groups is 1. The van der Waals surface area contributed by atoms with E-state index in [1.165, 1.54) is 18.6 Å². The molecule has 0 bridgehead atoms. The lowest BCUT2D eigenvalue weighted by Gasteiger charge is -2.17. The number of guanidine groups is 1. The highest BCUT2D eigenvalue weighted by molar-refractivity contribution is 14.0. The van der Waals surface area contributed by atoms with E-state index in [0.717, 1.165) is 36.7 Å². The predicted octanol–water partition coefficient (Wildman–Crippen LogP) is 3.96. The van der Waals surface area contributed by atoms with Crippen molar-refractivity contribution >= 4 is 41.7 Å². The van der Waals surface area contributed by atoms with Crippen LogP contribution >= 0.6 is 35.7 Å². The Morgan fingerprint density at radius 3 is 2.54 bits per heavy atom. The van der Waals surface area contributed by atoms with Gasteiger partial charge in [0.25, 0.3) is 0 Å². The van der Waals surface area contributed by atoms with Gasteiger partial charge in [-0.3, -0.25) is 4.99 Å². The Kier molecular flexibility index (Phi) is 9.95. The molecule has 24 heavy (non-hydrogen) atoms. The Morgan fingerprint density at radius 1 is 1.25 bits per heavy atom. The second kappa shape index (κ2) is 11.1. The van der Waals surface area contributed by atoms with Gasteiger partial charge in [0.2, 0.25) is 0 Å². The molecule has 7 heteroatoms. The highest BCUT2D eigenvalue weighted by Gasteiger charge is 2.24. The van der Waals surface area contributed by atoms with Crippen molar-refractivity contribution in [1.82, 2.24) is 10.6 Å². The van der Waals surface area contributed by atoms with Gasteiger partial charge in [-0.15, -0.1) is 24.0 Å². The molecule has 2 rings (SSSR count). The van der Waals surface area contributed by atoms with Gasteiger partial charge in [-0.25, -0.2) is 8.78 Å². The second-order valence-electron chi connectivity index (χ2n) is 5.80. The molecule has 0 aromatic heterocycles. The maximum Gasteiger partial charge on any atom is 0.191 e. The van der Waals surface area contributed by atoms with Crippen molar-refractivity contribution in [1.29, 1.82) is 0 Å². The number of nitrogens with one attached hydrogen (secondary N) is 2. The van der Waals surface area contributed by atoms with Crippen molar-refractivity contribution in [3.05, 3.63) is 35.4 Å². The highest BCUT2D eigenvalue weighted by Crippen LogP contribution is 2.27. The Hall–Kier alpha value is -0.570. The minimum atomic E-state index is -0.539. The monoisotopic (exact) mass is 469 g/mol. The maximum atomic E-state index is 13.2. The van der Waals surface area contributed by atoms with E-state index in [9.17, 15) is 8.78 Å². The van der Waals surface area contributed by atoms with Gasteiger partial charge in [0.1, 0.15) is 11.6 Å². The van der Waals surface area contributed by atoms with Crippen LogP contribution < -0.4 is 10.6 Å². The number of hydrogen-bond acceptors (Lipinski definition) is 2. The summed E-state index contributed by atoms with van der Waals surface area (Å²) in [5.74, 6) is -0.290. The number of rotatable bonds is 6. The molecule has 0 aliphatic heterocycles. The molecule has 1 aromatic rings. The van der Waals surface area contributed by atoms with E-state index in [1.54, 1.807) is 0 Å². The molecule has 2 N–H and O–H groups in total. The molecule has 1 aliphatic rings. The summed E-state index contributed by atoms with van der Waals surface area (Å²) in [6, 6.07) is 4.07. The number of hydrogen-bond donors (Lipinski definition) is 2. The van der Waals surface area contributed by atoms with Crippen LogP contribution in [0.3, 0.4) is 0 Å². The van der Waals surface area contributed by atoms with Crippen molar-refractivity contribution < 1.29 is 8.78 Å². The zero-order chi connectivity index (χ0) is 16.7. The summed E-state index contributed by atoms with van der Waals surface area (Å²) < 4.78 is 26.3. The van der Waals surface area contributed by atoms with Gasteiger partial charge in [-0.05, 0) is 56.6 Å². The average molecular weight is 469 g/mol. The molecule has 0 saturated heterocycles. The van der Waals surface area contributed by atoms with Crippen LogP contribution in [0.15, 0.2) is 23.2 Å². The largest absolute Gasteiger partial charge is 0.357 e. The fraction of sp³-hybridized carbons (Fsp3) is 0.588. The quantitative estimate of drug-likeness (QED) is 0.376. The maximum absolute atomic E-state index is 13.2. The first-order chi connectivity index (χ1) is 11.1. The van der Waals surface area contributed by atoms with E-state index in [-0.39, 0.29) is 24.0 Å². The fourth-order valence-electron chi connectivity index (χ4n) is 2.85. The predicted molar refractivity (Wildman–Crippen MR) is 110 cm³/mol. The van der Waals surface area contributed by atoms with Gasteiger partial charge in [-0.1, -0.05) is 0 Å². The first-order valence-electron chi connectivity index (χ1n) is 8.13. The smallest absolute Gasteiger partial charge is 0.191 e. The lowest BCUT2D eigenvalue weighted by Crippen LogP contribution is -2.42. The van der Waals surface area contributed by atoms with Gasteiger partial charge >= 0.3 is 0 Å². The first-order valence-corrected chi connectivity index (χ1v) is 9.42. The molecule has 3 nitrogen and oxygen atoms in total. The third-order valence-electron chi connectivity index (χ3n) is 4.00. The van der Waals surface area contributed by atoms with Crippen LogP contribution in [0.25, 0.3) is 0 Å². The van der Waals surface area contributed by atoms with E-state index in [2.05, 4.69) is 21.9 Å². The van der Waals surface area contributed by atoms with Crippen molar-refractivity contribution in [2.24, 2.45) is 4.99 Å². The Balaban J connectivity index is 0.00000288. The Morgan fingerprint density at radius 2 is 1.96 bits per heavy atom. The molecule has 0 radical (unpaired) electrons. The summed E-state index contributed by atoms with van der Waals surface area (Å²) in [7, 11) is 0. The summed E-state index contributed by atoms with van der Waals surface area (Å²) >= 11 is 1.92. The molecule has 136 valence electrons. The van der Waals surface area contributed by atoms with Gasteiger partial charge in [-0.2, -0.15) is 11.8 Å². The Labute approximate surface area is 164 Å². The molecule has 0 amide bonds. The van der Waals surface area contributed by atoms with Gasteiger partial charge in [0, 0.05) is 30.4 Å². The molecular weight excluding hydrogens is 443 g/mol. The third kappa shape index (κ3) is 7.13. The van der Waals surface area contributed by atoms with Crippen molar-refractivity contribution in [2.75, 3.05) is 19.3 Å². The van der Waals surface area contributed by atoms with E-state index >= 15 is 0 Å². The molecule has 2 unspecified atom stereocenters. The standard InChI is InChI=1S/C17H25F2N3S.HI/c1-3-20-17(22-15-4-5-16(11-15)23-2)21-7-6-12-8-13(18)10-14(19)9-12;/h8-10,15-16H,3-7,11H2,1-2H3,(H2,20,21,22);1H. The molecule has 0 spiro atoms. The third-order valence-corrected chi connectivity index (χ3v) is 5.09. The summed E-state index contributed by atoms with van der Waals surface area (Å²) in [5, 5.41) is 7.43. The molecule has 1 aromatic carbocycles. The molecule has 1 saturated carbocycles. The molecule has 1 aliphatic carbocycles. The Bertz CT molecular complexity index is 522. The van der Waals surface area contributed by atoms with Crippen molar-refractivity contribution in [2.45, 2.75) is 43.9 Å². The molecule has 1 fully saturated rings. The number of nitrogens with zero attached hydrogens (tertiary/aromatic N) is 1.